The second-order valence-electron chi connectivity index (χ2n) is 5.40. The molecule has 0 aromatic heterocycles. The van der Waals surface area contributed by atoms with Gasteiger partial charge in [-0.1, -0.05) is 28.1 Å². The highest BCUT2D eigenvalue weighted by Crippen LogP contribution is 2.30. The summed E-state index contributed by atoms with van der Waals surface area (Å²) in [7, 11) is 0. The van der Waals surface area contributed by atoms with E-state index in [1.54, 1.807) is 0 Å². The van der Waals surface area contributed by atoms with Crippen LogP contribution in [0.4, 0.5) is 0 Å². The third-order valence-electron chi connectivity index (χ3n) is 3.43. The van der Waals surface area contributed by atoms with Gasteiger partial charge in [0.1, 0.15) is 0 Å². The van der Waals surface area contributed by atoms with E-state index in [2.05, 4.69) is 34.7 Å². The summed E-state index contributed by atoms with van der Waals surface area (Å²) in [6.45, 7) is 5.93. The minimum atomic E-state index is 0.219. The fourth-order valence-corrected chi connectivity index (χ4v) is 2.27. The van der Waals surface area contributed by atoms with Gasteiger partial charge >= 0.3 is 0 Å². The Morgan fingerprint density at radius 1 is 1.33 bits per heavy atom. The molecule has 0 aliphatic heterocycles. The van der Waals surface area contributed by atoms with Crippen LogP contribution in [0, 0.1) is 5.92 Å². The first-order valence-electron chi connectivity index (χ1n) is 6.59. The van der Waals surface area contributed by atoms with Crippen molar-refractivity contribution in [1.82, 2.24) is 4.90 Å². The summed E-state index contributed by atoms with van der Waals surface area (Å²) in [4.78, 5) is 14.5. The van der Waals surface area contributed by atoms with Gasteiger partial charge in [-0.2, -0.15) is 0 Å². The number of Topliss-reactive ketones (excluding diaryl/α,β-unsaturated/α-hetero) is 1. The van der Waals surface area contributed by atoms with Gasteiger partial charge in [0.2, 0.25) is 0 Å². The highest BCUT2D eigenvalue weighted by Gasteiger charge is 2.26. The van der Waals surface area contributed by atoms with Crippen molar-refractivity contribution in [2.75, 3.05) is 13.1 Å². The molecule has 1 saturated carbocycles. The topological polar surface area (TPSA) is 20.3 Å². The third kappa shape index (κ3) is 3.92. The average Bonchev–Trinajstić information content (AvgIpc) is 3.12. The fraction of sp³-hybridized carbons (Fsp3) is 0.533. The lowest BCUT2D eigenvalue weighted by molar-refractivity contribution is 0.0901. The second-order valence-corrected chi connectivity index (χ2v) is 6.31. The van der Waals surface area contributed by atoms with Crippen LogP contribution in [-0.2, 0) is 0 Å². The van der Waals surface area contributed by atoms with Gasteiger partial charge in [-0.05, 0) is 44.7 Å². The van der Waals surface area contributed by atoms with Crippen LogP contribution < -0.4 is 0 Å². The van der Waals surface area contributed by atoms with Gasteiger partial charge in [0.05, 0.1) is 6.54 Å². The number of halogens is 1. The number of carbonyl (C=O) groups excluding carboxylic acids is 1. The van der Waals surface area contributed by atoms with Gasteiger partial charge in [0.15, 0.2) is 5.78 Å². The van der Waals surface area contributed by atoms with Crippen molar-refractivity contribution >= 4 is 21.7 Å². The Labute approximate surface area is 117 Å². The molecule has 0 amide bonds. The lowest BCUT2D eigenvalue weighted by atomic mass is 10.1. The third-order valence-corrected chi connectivity index (χ3v) is 3.96. The monoisotopic (exact) mass is 309 g/mol. The van der Waals surface area contributed by atoms with Crippen LogP contribution in [0.5, 0.6) is 0 Å². The Balaban J connectivity index is 1.97. The maximum Gasteiger partial charge on any atom is 0.176 e. The molecule has 0 unspecified atom stereocenters. The molecule has 1 aliphatic rings. The number of hydrogen-bond donors (Lipinski definition) is 0. The number of hydrogen-bond acceptors (Lipinski definition) is 2. The molecule has 0 bridgehead atoms. The Morgan fingerprint density at radius 3 is 2.44 bits per heavy atom. The first-order valence-corrected chi connectivity index (χ1v) is 7.38. The van der Waals surface area contributed by atoms with Crippen LogP contribution in [0.25, 0.3) is 0 Å². The van der Waals surface area contributed by atoms with E-state index in [1.165, 1.54) is 12.8 Å². The second kappa shape index (κ2) is 5.98. The van der Waals surface area contributed by atoms with Crippen LogP contribution in [0.15, 0.2) is 28.7 Å². The quantitative estimate of drug-likeness (QED) is 0.746. The molecule has 3 heteroatoms. The SMILES string of the molecule is CC(C)N(CC(=O)c1ccc(Br)cc1)CC1CC1. The highest BCUT2D eigenvalue weighted by atomic mass is 79.9. The number of carbonyl (C=O) groups is 1. The molecule has 0 heterocycles. The molecular weight excluding hydrogens is 290 g/mol. The summed E-state index contributed by atoms with van der Waals surface area (Å²) in [5, 5.41) is 0. The number of ketones is 1. The van der Waals surface area contributed by atoms with Crippen molar-refractivity contribution in [3.63, 3.8) is 0 Å². The smallest absolute Gasteiger partial charge is 0.176 e. The molecule has 0 radical (unpaired) electrons. The molecule has 0 saturated heterocycles. The minimum absolute atomic E-state index is 0.219. The normalized spacial score (nSPS) is 15.4. The molecule has 1 aliphatic carbocycles. The first kappa shape index (κ1) is 13.8. The summed E-state index contributed by atoms with van der Waals surface area (Å²) < 4.78 is 1.01. The van der Waals surface area contributed by atoms with Gasteiger partial charge in [-0.3, -0.25) is 9.69 Å². The van der Waals surface area contributed by atoms with E-state index < -0.39 is 0 Å². The summed E-state index contributed by atoms with van der Waals surface area (Å²) in [5.41, 5.74) is 0.805. The predicted molar refractivity (Wildman–Crippen MR) is 77.9 cm³/mol. The Morgan fingerprint density at radius 2 is 1.94 bits per heavy atom. The Hall–Kier alpha value is -0.670. The standard InChI is InChI=1S/C15H20BrNO/c1-11(2)17(9-12-3-4-12)10-15(18)13-5-7-14(16)8-6-13/h5-8,11-12H,3-4,9-10H2,1-2H3. The Kier molecular flexibility index (Phi) is 4.57. The van der Waals surface area contributed by atoms with E-state index in [4.69, 9.17) is 0 Å². The van der Waals surface area contributed by atoms with E-state index in [0.29, 0.717) is 12.6 Å². The summed E-state index contributed by atoms with van der Waals surface area (Å²) in [6, 6.07) is 8.07. The molecule has 1 fully saturated rings. The fourth-order valence-electron chi connectivity index (χ4n) is 2.00. The highest BCUT2D eigenvalue weighted by molar-refractivity contribution is 9.10. The molecule has 98 valence electrons. The largest absolute Gasteiger partial charge is 0.293 e. The molecule has 0 N–H and O–H groups in total. The molecule has 2 rings (SSSR count). The lowest BCUT2D eigenvalue weighted by Gasteiger charge is -2.25. The zero-order chi connectivity index (χ0) is 13.1. The van der Waals surface area contributed by atoms with Crippen LogP contribution in [0.3, 0.4) is 0 Å². The van der Waals surface area contributed by atoms with E-state index in [9.17, 15) is 4.79 Å². The summed E-state index contributed by atoms with van der Waals surface area (Å²) >= 11 is 3.39. The van der Waals surface area contributed by atoms with Crippen LogP contribution >= 0.6 is 15.9 Å². The van der Waals surface area contributed by atoms with Gasteiger partial charge in [0, 0.05) is 22.6 Å². The number of benzene rings is 1. The number of rotatable bonds is 6. The molecule has 1 aromatic rings. The number of nitrogens with zero attached hydrogens (tertiary/aromatic N) is 1. The molecule has 1 aromatic carbocycles. The van der Waals surface area contributed by atoms with Gasteiger partial charge < -0.3 is 0 Å². The lowest BCUT2D eigenvalue weighted by Crippen LogP contribution is -2.37. The first-order chi connectivity index (χ1) is 8.56. The molecule has 2 nitrogen and oxygen atoms in total. The maximum atomic E-state index is 12.2. The van der Waals surface area contributed by atoms with Crippen molar-refractivity contribution in [2.45, 2.75) is 32.7 Å². The zero-order valence-electron chi connectivity index (χ0n) is 11.0. The zero-order valence-corrected chi connectivity index (χ0v) is 12.6. The van der Waals surface area contributed by atoms with E-state index in [-0.39, 0.29) is 5.78 Å². The summed E-state index contributed by atoms with van der Waals surface area (Å²) in [5.74, 6) is 1.04. The van der Waals surface area contributed by atoms with Crippen LogP contribution in [0.2, 0.25) is 0 Å². The Bertz CT molecular complexity index is 409. The van der Waals surface area contributed by atoms with Crippen LogP contribution in [-0.4, -0.2) is 29.8 Å². The molecular formula is C15H20BrNO. The van der Waals surface area contributed by atoms with Crippen molar-refractivity contribution in [3.8, 4) is 0 Å². The maximum absolute atomic E-state index is 12.2. The van der Waals surface area contributed by atoms with E-state index in [0.717, 1.165) is 22.5 Å². The average molecular weight is 310 g/mol. The molecule has 0 atom stereocenters. The summed E-state index contributed by atoms with van der Waals surface area (Å²) in [6.07, 6.45) is 2.66. The van der Waals surface area contributed by atoms with E-state index >= 15 is 0 Å². The van der Waals surface area contributed by atoms with Crippen molar-refractivity contribution < 1.29 is 4.79 Å². The van der Waals surface area contributed by atoms with Crippen molar-refractivity contribution in [1.29, 1.82) is 0 Å². The van der Waals surface area contributed by atoms with Crippen molar-refractivity contribution in [2.24, 2.45) is 5.92 Å². The van der Waals surface area contributed by atoms with Crippen LogP contribution in [0.1, 0.15) is 37.0 Å². The van der Waals surface area contributed by atoms with E-state index in [1.807, 2.05) is 24.3 Å². The molecule has 18 heavy (non-hydrogen) atoms. The van der Waals surface area contributed by atoms with Gasteiger partial charge in [0.25, 0.3) is 0 Å². The molecule has 0 spiro atoms. The predicted octanol–water partition coefficient (Wildman–Crippen LogP) is 3.75. The minimum Gasteiger partial charge on any atom is -0.293 e. The van der Waals surface area contributed by atoms with Gasteiger partial charge in [-0.25, -0.2) is 0 Å². The van der Waals surface area contributed by atoms with Gasteiger partial charge in [-0.15, -0.1) is 0 Å². The van der Waals surface area contributed by atoms with Crippen molar-refractivity contribution in [3.05, 3.63) is 34.3 Å².